The number of para-hydroxylation sites is 1. The maximum absolute atomic E-state index is 12.7. The van der Waals surface area contributed by atoms with E-state index in [0.29, 0.717) is 6.42 Å². The number of carbonyl (C=O) groups excluding carboxylic acids is 1. The lowest BCUT2D eigenvalue weighted by Crippen LogP contribution is -2.48. The van der Waals surface area contributed by atoms with Crippen LogP contribution in [-0.2, 0) is 17.8 Å². The number of nitrogens with one attached hydrogen (secondary N) is 1. The standard InChI is InChI=1S/C19H20ClN3OS/c20-18-6-5-15(25-18)13-22-7-9-23(10-8-22)19(24)11-14-12-21-17-4-2-1-3-16(14)17/h1-6,12,21H,7-11,13H2. The van der Waals surface area contributed by atoms with Crippen molar-refractivity contribution in [1.82, 2.24) is 14.8 Å². The van der Waals surface area contributed by atoms with Crippen LogP contribution in [0.15, 0.2) is 42.6 Å². The number of rotatable bonds is 4. The predicted octanol–water partition coefficient (Wildman–Crippen LogP) is 3.77. The van der Waals surface area contributed by atoms with E-state index in [1.165, 1.54) is 4.88 Å². The number of H-pyrrole nitrogens is 1. The smallest absolute Gasteiger partial charge is 0.227 e. The molecule has 2 aromatic heterocycles. The highest BCUT2D eigenvalue weighted by Crippen LogP contribution is 2.23. The zero-order valence-electron chi connectivity index (χ0n) is 13.9. The minimum absolute atomic E-state index is 0.212. The van der Waals surface area contributed by atoms with Crippen molar-refractivity contribution in [3.8, 4) is 0 Å². The van der Waals surface area contributed by atoms with E-state index in [-0.39, 0.29) is 5.91 Å². The van der Waals surface area contributed by atoms with Gasteiger partial charge in [0.1, 0.15) is 0 Å². The molecule has 0 aliphatic carbocycles. The van der Waals surface area contributed by atoms with Gasteiger partial charge in [-0.05, 0) is 23.8 Å². The van der Waals surface area contributed by atoms with Gasteiger partial charge in [0, 0.05) is 54.7 Å². The molecule has 0 atom stereocenters. The molecule has 4 rings (SSSR count). The molecule has 1 fully saturated rings. The second-order valence-electron chi connectivity index (χ2n) is 6.40. The number of aromatic amines is 1. The third-order valence-electron chi connectivity index (χ3n) is 4.75. The van der Waals surface area contributed by atoms with E-state index in [4.69, 9.17) is 11.6 Å². The zero-order valence-corrected chi connectivity index (χ0v) is 15.4. The Kier molecular flexibility index (Phi) is 4.79. The van der Waals surface area contributed by atoms with E-state index < -0.39 is 0 Å². The van der Waals surface area contributed by atoms with Gasteiger partial charge < -0.3 is 9.88 Å². The molecule has 1 saturated heterocycles. The Morgan fingerprint density at radius 3 is 2.68 bits per heavy atom. The van der Waals surface area contributed by atoms with Crippen molar-refractivity contribution in [1.29, 1.82) is 0 Å². The first-order valence-corrected chi connectivity index (χ1v) is 9.68. The summed E-state index contributed by atoms with van der Waals surface area (Å²) in [5.74, 6) is 0.212. The number of hydrogen-bond donors (Lipinski definition) is 1. The number of fused-ring (bicyclic) bond motifs is 1. The fraction of sp³-hybridized carbons (Fsp3) is 0.316. The fourth-order valence-corrected chi connectivity index (χ4v) is 4.50. The molecule has 0 unspecified atom stereocenters. The van der Waals surface area contributed by atoms with Crippen molar-refractivity contribution < 1.29 is 4.79 Å². The molecule has 3 aromatic rings. The number of thiophene rings is 1. The Morgan fingerprint density at radius 2 is 1.92 bits per heavy atom. The minimum Gasteiger partial charge on any atom is -0.361 e. The zero-order chi connectivity index (χ0) is 17.2. The molecule has 4 nitrogen and oxygen atoms in total. The summed E-state index contributed by atoms with van der Waals surface area (Å²) in [5, 5.41) is 1.14. The Morgan fingerprint density at radius 1 is 1.12 bits per heavy atom. The summed E-state index contributed by atoms with van der Waals surface area (Å²) in [6.45, 7) is 4.33. The average molecular weight is 374 g/mol. The number of piperazine rings is 1. The number of amides is 1. The lowest BCUT2D eigenvalue weighted by atomic mass is 10.1. The highest BCUT2D eigenvalue weighted by molar-refractivity contribution is 7.16. The second-order valence-corrected chi connectivity index (χ2v) is 8.20. The molecule has 1 amide bonds. The van der Waals surface area contributed by atoms with Gasteiger partial charge in [0.15, 0.2) is 0 Å². The van der Waals surface area contributed by atoms with E-state index in [2.05, 4.69) is 22.0 Å². The van der Waals surface area contributed by atoms with Crippen LogP contribution in [0.25, 0.3) is 10.9 Å². The fourth-order valence-electron chi connectivity index (χ4n) is 3.37. The van der Waals surface area contributed by atoms with Crippen LogP contribution in [0.2, 0.25) is 4.34 Å². The lowest BCUT2D eigenvalue weighted by molar-refractivity contribution is -0.132. The van der Waals surface area contributed by atoms with Crippen molar-refractivity contribution >= 4 is 39.7 Å². The van der Waals surface area contributed by atoms with E-state index in [1.54, 1.807) is 11.3 Å². The van der Waals surface area contributed by atoms with Gasteiger partial charge in [0.05, 0.1) is 10.8 Å². The van der Waals surface area contributed by atoms with Gasteiger partial charge in [0.2, 0.25) is 5.91 Å². The number of nitrogens with zero attached hydrogens (tertiary/aromatic N) is 2. The number of hydrogen-bond acceptors (Lipinski definition) is 3. The third kappa shape index (κ3) is 3.73. The monoisotopic (exact) mass is 373 g/mol. The van der Waals surface area contributed by atoms with Gasteiger partial charge >= 0.3 is 0 Å². The van der Waals surface area contributed by atoms with E-state index in [1.807, 2.05) is 35.4 Å². The second kappa shape index (κ2) is 7.20. The Hall–Kier alpha value is -1.82. The molecule has 1 N–H and O–H groups in total. The molecule has 0 bridgehead atoms. The van der Waals surface area contributed by atoms with E-state index in [9.17, 15) is 4.79 Å². The Balaban J connectivity index is 1.33. The minimum atomic E-state index is 0.212. The van der Waals surface area contributed by atoms with Crippen LogP contribution in [0.1, 0.15) is 10.4 Å². The van der Waals surface area contributed by atoms with Gasteiger partial charge in [0.25, 0.3) is 0 Å². The average Bonchev–Trinajstić information content (AvgIpc) is 3.22. The van der Waals surface area contributed by atoms with Crippen LogP contribution in [0, 0.1) is 0 Å². The molecule has 0 radical (unpaired) electrons. The summed E-state index contributed by atoms with van der Waals surface area (Å²) in [6.07, 6.45) is 2.42. The SMILES string of the molecule is O=C(Cc1c[nH]c2ccccc12)N1CCN(Cc2ccc(Cl)s2)CC1. The lowest BCUT2D eigenvalue weighted by Gasteiger charge is -2.34. The quantitative estimate of drug-likeness (QED) is 0.756. The van der Waals surface area contributed by atoms with Crippen LogP contribution in [0.5, 0.6) is 0 Å². The largest absolute Gasteiger partial charge is 0.361 e. The molecular weight excluding hydrogens is 354 g/mol. The summed E-state index contributed by atoms with van der Waals surface area (Å²) < 4.78 is 0.836. The first-order valence-electron chi connectivity index (χ1n) is 8.48. The predicted molar refractivity (Wildman–Crippen MR) is 103 cm³/mol. The van der Waals surface area contributed by atoms with Crippen molar-refractivity contribution in [2.45, 2.75) is 13.0 Å². The highest BCUT2D eigenvalue weighted by atomic mass is 35.5. The first kappa shape index (κ1) is 16.6. The molecule has 130 valence electrons. The molecule has 0 spiro atoms. The van der Waals surface area contributed by atoms with Crippen LogP contribution in [0.3, 0.4) is 0 Å². The summed E-state index contributed by atoms with van der Waals surface area (Å²) in [5.41, 5.74) is 2.17. The molecule has 25 heavy (non-hydrogen) atoms. The molecule has 1 aliphatic heterocycles. The molecule has 1 aliphatic rings. The van der Waals surface area contributed by atoms with Crippen molar-refractivity contribution in [3.05, 3.63) is 57.4 Å². The molecule has 6 heteroatoms. The molecular formula is C19H20ClN3OS. The van der Waals surface area contributed by atoms with Gasteiger partial charge in [-0.2, -0.15) is 0 Å². The van der Waals surface area contributed by atoms with Crippen LogP contribution >= 0.6 is 22.9 Å². The molecule has 1 aromatic carbocycles. The maximum atomic E-state index is 12.7. The summed E-state index contributed by atoms with van der Waals surface area (Å²) in [4.78, 5) is 21.6. The van der Waals surface area contributed by atoms with Gasteiger partial charge in [-0.15, -0.1) is 11.3 Å². The molecule has 0 saturated carbocycles. The first-order chi connectivity index (χ1) is 12.2. The third-order valence-corrected chi connectivity index (χ3v) is 5.97. The van der Waals surface area contributed by atoms with Crippen molar-refractivity contribution in [2.75, 3.05) is 26.2 Å². The summed E-state index contributed by atoms with van der Waals surface area (Å²) >= 11 is 7.63. The van der Waals surface area contributed by atoms with E-state index >= 15 is 0 Å². The summed E-state index contributed by atoms with van der Waals surface area (Å²) in [7, 11) is 0. The van der Waals surface area contributed by atoms with E-state index in [0.717, 1.165) is 53.5 Å². The van der Waals surface area contributed by atoms with Crippen LogP contribution in [0.4, 0.5) is 0 Å². The Labute approximate surface area is 156 Å². The van der Waals surface area contributed by atoms with Crippen molar-refractivity contribution in [2.24, 2.45) is 0 Å². The van der Waals surface area contributed by atoms with Gasteiger partial charge in [-0.3, -0.25) is 9.69 Å². The van der Waals surface area contributed by atoms with Crippen LogP contribution < -0.4 is 0 Å². The topological polar surface area (TPSA) is 39.3 Å². The molecule has 3 heterocycles. The maximum Gasteiger partial charge on any atom is 0.227 e. The highest BCUT2D eigenvalue weighted by Gasteiger charge is 2.22. The number of halogens is 1. The Bertz CT molecular complexity index is 880. The van der Waals surface area contributed by atoms with Gasteiger partial charge in [-0.1, -0.05) is 29.8 Å². The van der Waals surface area contributed by atoms with Gasteiger partial charge in [-0.25, -0.2) is 0 Å². The number of benzene rings is 1. The number of carbonyl (C=O) groups is 1. The van der Waals surface area contributed by atoms with Crippen molar-refractivity contribution in [3.63, 3.8) is 0 Å². The summed E-state index contributed by atoms with van der Waals surface area (Å²) in [6, 6.07) is 12.2. The number of aromatic nitrogens is 1. The van der Waals surface area contributed by atoms with Crippen LogP contribution in [-0.4, -0.2) is 46.9 Å². The normalized spacial score (nSPS) is 15.8.